The topological polar surface area (TPSA) is 9.86 Å². The van der Waals surface area contributed by atoms with E-state index in [4.69, 9.17) is 0 Å². The van der Waals surface area contributed by atoms with Crippen LogP contribution in [0.2, 0.25) is 0 Å². The highest BCUT2D eigenvalue weighted by atomic mass is 32.1. The number of aromatic nitrogens is 2. The quantitative estimate of drug-likeness (QED) is 0.134. The Morgan fingerprint density at radius 2 is 0.505 bits per heavy atom. The Morgan fingerprint density at radius 3 is 1.02 bits per heavy atom. The molecule has 0 saturated carbocycles. The van der Waals surface area contributed by atoms with Gasteiger partial charge in [0.05, 0.1) is 22.1 Å². The number of benzene rings is 17. The van der Waals surface area contributed by atoms with Crippen molar-refractivity contribution in [1.82, 2.24) is 9.13 Å². The predicted molar refractivity (Wildman–Crippen MR) is 417 cm³/mol. The summed E-state index contributed by atoms with van der Waals surface area (Å²) in [4.78, 5) is 0. The molecule has 452 valence electrons. The molecule has 3 heteroatoms. The van der Waals surface area contributed by atoms with E-state index < -0.39 is 0 Å². The van der Waals surface area contributed by atoms with Crippen molar-refractivity contribution in [3.8, 4) is 78.1 Å². The molecule has 0 aliphatic rings. The molecular weight excluding hydrogens is 1190 g/mol. The number of fused-ring (bicyclic) bond motifs is 13. The lowest BCUT2D eigenvalue weighted by Crippen LogP contribution is -1.95. The molecule has 0 aliphatic heterocycles. The summed E-state index contributed by atoms with van der Waals surface area (Å²) in [7, 11) is 0. The number of nitrogens with zero attached hydrogens (tertiary/aromatic N) is 2. The maximum atomic E-state index is 2.45. The summed E-state index contributed by atoms with van der Waals surface area (Å²) in [5.74, 6) is 0. The molecule has 0 bridgehead atoms. The van der Waals surface area contributed by atoms with E-state index >= 15 is 0 Å². The summed E-state index contributed by atoms with van der Waals surface area (Å²) in [6.07, 6.45) is 0. The number of rotatable bonds is 8. The highest BCUT2D eigenvalue weighted by Gasteiger charge is 2.22. The summed E-state index contributed by atoms with van der Waals surface area (Å²) in [5.41, 5.74) is 22.2. The first-order valence-electron chi connectivity index (χ1n) is 33.4. The van der Waals surface area contributed by atoms with E-state index in [1.165, 1.54) is 179 Å². The van der Waals surface area contributed by atoms with E-state index in [9.17, 15) is 0 Å². The minimum Gasteiger partial charge on any atom is -0.309 e. The normalized spacial score (nSPS) is 11.7. The first-order valence-corrected chi connectivity index (χ1v) is 34.2. The Labute approximate surface area is 565 Å². The summed E-state index contributed by atoms with van der Waals surface area (Å²) in [6, 6.07) is 133. The van der Waals surface area contributed by atoms with Gasteiger partial charge in [0.25, 0.3) is 0 Å². The minimum absolute atomic E-state index is 1.16. The molecule has 20 rings (SSSR count). The van der Waals surface area contributed by atoms with Crippen molar-refractivity contribution in [3.63, 3.8) is 0 Å². The second kappa shape index (κ2) is 23.3. The van der Waals surface area contributed by atoms with Crippen LogP contribution in [0, 0.1) is 0 Å². The average Bonchev–Trinajstić information content (AvgIpc) is 0.991. The van der Waals surface area contributed by atoms with E-state index in [-0.39, 0.29) is 0 Å². The van der Waals surface area contributed by atoms with Crippen LogP contribution in [0.15, 0.2) is 364 Å². The monoisotopic (exact) mass is 1250 g/mol. The molecule has 3 heterocycles. The highest BCUT2D eigenvalue weighted by molar-refractivity contribution is 7.26. The van der Waals surface area contributed by atoms with Crippen LogP contribution in [0.3, 0.4) is 0 Å². The van der Waals surface area contributed by atoms with Crippen molar-refractivity contribution >= 4 is 118 Å². The van der Waals surface area contributed by atoms with E-state index in [0.29, 0.717) is 0 Å². The number of para-hydroxylation sites is 3. The molecule has 20 aromatic rings. The third-order valence-corrected chi connectivity index (χ3v) is 21.2. The van der Waals surface area contributed by atoms with Gasteiger partial charge in [-0.3, -0.25) is 0 Å². The fraction of sp³-hybridized carbons (Fsp3) is 0. The van der Waals surface area contributed by atoms with Gasteiger partial charge in [0.1, 0.15) is 0 Å². The lowest BCUT2D eigenvalue weighted by atomic mass is 9.86. The van der Waals surface area contributed by atoms with Crippen LogP contribution >= 0.6 is 11.3 Å². The van der Waals surface area contributed by atoms with Crippen molar-refractivity contribution in [2.24, 2.45) is 0 Å². The molecule has 0 saturated heterocycles. The molecule has 2 nitrogen and oxygen atoms in total. The fourth-order valence-corrected chi connectivity index (χ4v) is 17.0. The van der Waals surface area contributed by atoms with Gasteiger partial charge in [0, 0.05) is 53.1 Å². The van der Waals surface area contributed by atoms with Crippen LogP contribution in [-0.2, 0) is 0 Å². The Morgan fingerprint density at radius 1 is 0.175 bits per heavy atom. The number of hydrogen-bond acceptors (Lipinski definition) is 1. The third-order valence-electron chi connectivity index (χ3n) is 20.0. The first-order chi connectivity index (χ1) is 48.2. The Hall–Kier alpha value is -12.4. The largest absolute Gasteiger partial charge is 0.309 e. The molecule has 0 unspecified atom stereocenters. The maximum absolute atomic E-state index is 2.45. The summed E-state index contributed by atoms with van der Waals surface area (Å²) in [5, 5.41) is 17.9. The van der Waals surface area contributed by atoms with Crippen LogP contribution in [0.25, 0.3) is 185 Å². The average molecular weight is 1250 g/mol. The van der Waals surface area contributed by atoms with Crippen LogP contribution in [0.1, 0.15) is 0 Å². The van der Waals surface area contributed by atoms with Crippen LogP contribution in [0.4, 0.5) is 0 Å². The Bertz CT molecular complexity index is 6360. The van der Waals surface area contributed by atoms with Gasteiger partial charge in [-0.05, 0) is 177 Å². The lowest BCUT2D eigenvalue weighted by molar-refractivity contribution is 1.18. The summed E-state index contributed by atoms with van der Waals surface area (Å²) >= 11 is 1.89. The van der Waals surface area contributed by atoms with Gasteiger partial charge >= 0.3 is 0 Å². The van der Waals surface area contributed by atoms with E-state index in [0.717, 1.165) is 5.69 Å². The standard InChI is InChI=1S/C50H31NS.C44H29N/c1-2-14-32(15-3-1)48-39-20-4-6-22-41(39)49(42-23-7-5-21-40(42)48)34-16-12-17-35(30-34)51-45-26-10-8-18-37(45)44-31-33(28-29-46(44)51)36-24-13-25-43-38-19-9-11-27-47(38)52-50(36)43;1-3-13-31(14-4-1)43-36-18-7-9-20-38(36)44(39-21-10-8-19-37(39)43)32-25-23-30(24-26-32)33-27-28-42-40(29-33)35-17-11-12-22-41(35)45(42)34-15-5-2-6-16-34/h1-31H;1-29H. The molecule has 97 heavy (non-hydrogen) atoms. The molecule has 0 fully saturated rings. The highest BCUT2D eigenvalue weighted by Crippen LogP contribution is 2.48. The van der Waals surface area contributed by atoms with Crippen molar-refractivity contribution in [1.29, 1.82) is 0 Å². The molecule has 0 N–H and O–H groups in total. The molecule has 3 aromatic heterocycles. The molecule has 0 radical (unpaired) electrons. The van der Waals surface area contributed by atoms with Gasteiger partial charge in [0.2, 0.25) is 0 Å². The second-order valence-corrected chi connectivity index (χ2v) is 26.4. The fourth-order valence-electron chi connectivity index (χ4n) is 15.7. The van der Waals surface area contributed by atoms with E-state index in [2.05, 4.69) is 373 Å². The van der Waals surface area contributed by atoms with Crippen molar-refractivity contribution in [3.05, 3.63) is 364 Å². The zero-order valence-electron chi connectivity index (χ0n) is 52.9. The lowest BCUT2D eigenvalue weighted by Gasteiger charge is -2.18. The second-order valence-electron chi connectivity index (χ2n) is 25.3. The minimum atomic E-state index is 1.16. The molecule has 0 aliphatic carbocycles. The van der Waals surface area contributed by atoms with Crippen LogP contribution < -0.4 is 0 Å². The Kier molecular flexibility index (Phi) is 13.5. The van der Waals surface area contributed by atoms with Gasteiger partial charge in [-0.25, -0.2) is 0 Å². The number of hydrogen-bond donors (Lipinski definition) is 0. The van der Waals surface area contributed by atoms with Crippen molar-refractivity contribution in [2.75, 3.05) is 0 Å². The van der Waals surface area contributed by atoms with Gasteiger partial charge in [-0.15, -0.1) is 11.3 Å². The summed E-state index contributed by atoms with van der Waals surface area (Å²) < 4.78 is 7.49. The van der Waals surface area contributed by atoms with E-state index in [1.807, 2.05) is 11.3 Å². The molecular formula is C94H60N2S. The smallest absolute Gasteiger partial charge is 0.0541 e. The van der Waals surface area contributed by atoms with Gasteiger partial charge < -0.3 is 9.13 Å². The van der Waals surface area contributed by atoms with Gasteiger partial charge in [0.15, 0.2) is 0 Å². The van der Waals surface area contributed by atoms with Gasteiger partial charge in [-0.2, -0.15) is 0 Å². The SMILES string of the molecule is c1ccc(-c2c3ccccc3c(-c3ccc(-c4ccc5c(c4)c4ccccc4n5-c4ccccc4)cc3)c3ccccc23)cc1.c1ccc(-c2c3ccccc3c(-c3cccc(-n4c5ccccc5c5cc(-c6cccc7c6sc6ccccc67)ccc54)c3)c3ccccc23)cc1. The maximum Gasteiger partial charge on any atom is 0.0541 e. The molecule has 0 amide bonds. The predicted octanol–water partition coefficient (Wildman–Crippen LogP) is 26.6. The first kappa shape index (κ1) is 56.2. The molecule has 17 aromatic carbocycles. The third kappa shape index (κ3) is 9.30. The number of thiophene rings is 1. The molecule has 0 atom stereocenters. The molecule has 0 spiro atoms. The van der Waals surface area contributed by atoms with Gasteiger partial charge in [-0.1, -0.05) is 297 Å². The van der Waals surface area contributed by atoms with Crippen LogP contribution in [0.5, 0.6) is 0 Å². The van der Waals surface area contributed by atoms with E-state index in [1.54, 1.807) is 0 Å². The zero-order valence-corrected chi connectivity index (χ0v) is 53.8. The summed E-state index contributed by atoms with van der Waals surface area (Å²) in [6.45, 7) is 0. The van der Waals surface area contributed by atoms with Crippen molar-refractivity contribution < 1.29 is 0 Å². The zero-order chi connectivity index (χ0) is 63.9. The Balaban J connectivity index is 0.000000138. The van der Waals surface area contributed by atoms with Crippen LogP contribution in [-0.4, -0.2) is 9.13 Å². The van der Waals surface area contributed by atoms with Crippen molar-refractivity contribution in [2.45, 2.75) is 0 Å².